The predicted octanol–water partition coefficient (Wildman–Crippen LogP) is 1.92. The number of anilines is 2. The summed E-state index contributed by atoms with van der Waals surface area (Å²) in [6.07, 6.45) is 6.80. The zero-order valence-corrected chi connectivity index (χ0v) is 13.0. The van der Waals surface area contributed by atoms with Crippen LogP contribution in [0.2, 0.25) is 5.02 Å². The third kappa shape index (κ3) is 2.80. The van der Waals surface area contributed by atoms with E-state index in [2.05, 4.69) is 20.3 Å². The van der Waals surface area contributed by atoms with Gasteiger partial charge in [-0.25, -0.2) is 15.0 Å². The quantitative estimate of drug-likeness (QED) is 0.654. The number of fused-ring (bicyclic) bond motifs is 1. The standard InChI is InChI=1S/C13H13ClN6OS/c14-10-8(1-2-16-11(10)15)22-9-7-19-13(18-4-6-21)20-5-3-17-12(9)20/h1-3,5,7,21H,4,6H2,(H2,15,16)(H,18,19). The Hall–Kier alpha value is -2.03. The van der Waals surface area contributed by atoms with Gasteiger partial charge in [0.25, 0.3) is 0 Å². The number of halogens is 1. The number of rotatable bonds is 5. The molecule has 3 rings (SSSR count). The average Bonchev–Trinajstić information content (AvgIpc) is 3.01. The first kappa shape index (κ1) is 14.9. The van der Waals surface area contributed by atoms with Crippen LogP contribution < -0.4 is 11.1 Å². The van der Waals surface area contributed by atoms with Crippen LogP contribution >= 0.6 is 23.4 Å². The largest absolute Gasteiger partial charge is 0.395 e. The molecule has 0 atom stereocenters. The van der Waals surface area contributed by atoms with E-state index in [0.29, 0.717) is 23.3 Å². The second kappa shape index (κ2) is 6.39. The fraction of sp³-hybridized carbons (Fsp3) is 0.154. The molecular weight excluding hydrogens is 324 g/mol. The summed E-state index contributed by atoms with van der Waals surface area (Å²) in [7, 11) is 0. The molecule has 0 aromatic carbocycles. The van der Waals surface area contributed by atoms with E-state index < -0.39 is 0 Å². The first-order chi connectivity index (χ1) is 10.7. The van der Waals surface area contributed by atoms with Crippen LogP contribution in [0.4, 0.5) is 11.8 Å². The van der Waals surface area contributed by atoms with Gasteiger partial charge in [0.05, 0.1) is 16.5 Å². The van der Waals surface area contributed by atoms with Gasteiger partial charge in [0.15, 0.2) is 5.65 Å². The summed E-state index contributed by atoms with van der Waals surface area (Å²) in [5.41, 5.74) is 6.46. The molecule has 0 spiro atoms. The van der Waals surface area contributed by atoms with Crippen molar-refractivity contribution < 1.29 is 5.11 Å². The number of aliphatic hydroxyl groups is 1. The number of hydrogen-bond donors (Lipinski definition) is 3. The highest BCUT2D eigenvalue weighted by atomic mass is 35.5. The van der Waals surface area contributed by atoms with E-state index in [-0.39, 0.29) is 6.61 Å². The molecule has 7 nitrogen and oxygen atoms in total. The lowest BCUT2D eigenvalue weighted by Crippen LogP contribution is -2.10. The highest BCUT2D eigenvalue weighted by Crippen LogP contribution is 2.36. The van der Waals surface area contributed by atoms with E-state index in [1.165, 1.54) is 11.8 Å². The van der Waals surface area contributed by atoms with E-state index in [4.69, 9.17) is 22.4 Å². The summed E-state index contributed by atoms with van der Waals surface area (Å²) < 4.78 is 1.82. The molecule has 0 aliphatic carbocycles. The molecule has 114 valence electrons. The highest BCUT2D eigenvalue weighted by Gasteiger charge is 2.12. The summed E-state index contributed by atoms with van der Waals surface area (Å²) in [5, 5.41) is 12.4. The van der Waals surface area contributed by atoms with Gasteiger partial charge >= 0.3 is 0 Å². The van der Waals surface area contributed by atoms with Crippen LogP contribution in [-0.4, -0.2) is 37.6 Å². The van der Waals surface area contributed by atoms with Gasteiger partial charge in [-0.1, -0.05) is 23.4 Å². The molecule has 0 bridgehead atoms. The normalized spacial score (nSPS) is 11.0. The molecule has 0 aliphatic rings. The molecule has 0 fully saturated rings. The predicted molar refractivity (Wildman–Crippen MR) is 86.3 cm³/mol. The third-order valence-electron chi connectivity index (χ3n) is 2.89. The highest BCUT2D eigenvalue weighted by molar-refractivity contribution is 7.99. The number of aliphatic hydroxyl groups excluding tert-OH is 1. The number of aromatic nitrogens is 4. The van der Waals surface area contributed by atoms with Gasteiger partial charge in [0.2, 0.25) is 5.95 Å². The molecule has 4 N–H and O–H groups in total. The molecule has 0 aliphatic heterocycles. The number of nitrogen functional groups attached to an aromatic ring is 1. The maximum Gasteiger partial charge on any atom is 0.208 e. The number of imidazole rings is 1. The SMILES string of the molecule is Nc1nccc(Sc2cnc(NCCO)n3ccnc23)c1Cl. The number of pyridine rings is 1. The Balaban J connectivity index is 1.98. The Kier molecular flexibility index (Phi) is 4.32. The first-order valence-corrected chi connectivity index (χ1v) is 7.64. The van der Waals surface area contributed by atoms with Crippen molar-refractivity contribution in [1.29, 1.82) is 0 Å². The van der Waals surface area contributed by atoms with Crippen LogP contribution in [0.1, 0.15) is 0 Å². The number of nitrogens with two attached hydrogens (primary N) is 1. The summed E-state index contributed by atoms with van der Waals surface area (Å²) in [5.74, 6) is 0.909. The van der Waals surface area contributed by atoms with Crippen molar-refractivity contribution in [2.45, 2.75) is 9.79 Å². The average molecular weight is 337 g/mol. The van der Waals surface area contributed by atoms with Gasteiger partial charge in [-0.2, -0.15) is 0 Å². The molecule has 3 aromatic rings. The molecule has 3 aromatic heterocycles. The maximum absolute atomic E-state index is 8.90. The van der Waals surface area contributed by atoms with E-state index in [9.17, 15) is 0 Å². The molecule has 3 heterocycles. The summed E-state index contributed by atoms with van der Waals surface area (Å²) in [4.78, 5) is 14.3. The lowest BCUT2D eigenvalue weighted by Gasteiger charge is -2.10. The second-order valence-electron chi connectivity index (χ2n) is 4.33. The van der Waals surface area contributed by atoms with Gasteiger partial charge in [-0.3, -0.25) is 4.40 Å². The minimum absolute atomic E-state index is 0.0280. The zero-order valence-electron chi connectivity index (χ0n) is 11.4. The molecule has 9 heteroatoms. The van der Waals surface area contributed by atoms with Crippen LogP contribution in [0.25, 0.3) is 5.65 Å². The number of nitrogens with zero attached hydrogens (tertiary/aromatic N) is 4. The molecular formula is C13H13ClN6OS. The molecule has 0 radical (unpaired) electrons. The molecule has 0 saturated heterocycles. The Morgan fingerprint density at radius 2 is 2.14 bits per heavy atom. The van der Waals surface area contributed by atoms with Crippen LogP contribution in [0.3, 0.4) is 0 Å². The lowest BCUT2D eigenvalue weighted by molar-refractivity contribution is 0.310. The van der Waals surface area contributed by atoms with E-state index >= 15 is 0 Å². The van der Waals surface area contributed by atoms with E-state index in [0.717, 1.165) is 15.4 Å². The summed E-state index contributed by atoms with van der Waals surface area (Å²) >= 11 is 7.59. The van der Waals surface area contributed by atoms with Crippen molar-refractivity contribution in [3.63, 3.8) is 0 Å². The van der Waals surface area contributed by atoms with Crippen molar-refractivity contribution in [3.8, 4) is 0 Å². The molecule has 22 heavy (non-hydrogen) atoms. The number of hydrogen-bond acceptors (Lipinski definition) is 7. The number of nitrogens with one attached hydrogen (secondary N) is 1. The first-order valence-electron chi connectivity index (χ1n) is 6.45. The maximum atomic E-state index is 8.90. The van der Waals surface area contributed by atoms with Gasteiger partial charge in [0.1, 0.15) is 5.82 Å². The monoisotopic (exact) mass is 336 g/mol. The smallest absolute Gasteiger partial charge is 0.208 e. The van der Waals surface area contributed by atoms with Crippen molar-refractivity contribution in [2.24, 2.45) is 0 Å². The Bertz CT molecular complexity index is 808. The zero-order chi connectivity index (χ0) is 15.5. The minimum Gasteiger partial charge on any atom is -0.395 e. The Morgan fingerprint density at radius 3 is 2.95 bits per heavy atom. The van der Waals surface area contributed by atoms with Crippen LogP contribution in [-0.2, 0) is 0 Å². The summed E-state index contributed by atoms with van der Waals surface area (Å²) in [6, 6.07) is 1.79. The molecule has 0 unspecified atom stereocenters. The van der Waals surface area contributed by atoms with Gasteiger partial charge < -0.3 is 16.2 Å². The Labute approximate surface area is 135 Å². The van der Waals surface area contributed by atoms with Crippen molar-refractivity contribution in [1.82, 2.24) is 19.4 Å². The minimum atomic E-state index is 0.0280. The van der Waals surface area contributed by atoms with E-state index in [1.807, 2.05) is 4.40 Å². The van der Waals surface area contributed by atoms with Gasteiger partial charge in [0, 0.05) is 36.2 Å². The van der Waals surface area contributed by atoms with Gasteiger partial charge in [-0.05, 0) is 6.07 Å². The third-order valence-corrected chi connectivity index (χ3v) is 4.47. The lowest BCUT2D eigenvalue weighted by atomic mass is 10.5. The van der Waals surface area contributed by atoms with Crippen LogP contribution in [0, 0.1) is 0 Å². The van der Waals surface area contributed by atoms with Crippen molar-refractivity contribution >= 4 is 40.8 Å². The summed E-state index contributed by atoms with van der Waals surface area (Å²) in [6.45, 7) is 0.444. The van der Waals surface area contributed by atoms with E-state index in [1.54, 1.807) is 30.9 Å². The van der Waals surface area contributed by atoms with Crippen LogP contribution in [0.5, 0.6) is 0 Å². The molecule has 0 amide bonds. The molecule has 0 saturated carbocycles. The topological polar surface area (TPSA) is 101 Å². The van der Waals surface area contributed by atoms with Gasteiger partial charge in [-0.15, -0.1) is 0 Å². The van der Waals surface area contributed by atoms with Crippen molar-refractivity contribution in [2.75, 3.05) is 24.2 Å². The Morgan fingerprint density at radius 1 is 1.27 bits per heavy atom. The van der Waals surface area contributed by atoms with Crippen molar-refractivity contribution in [3.05, 3.63) is 35.9 Å². The fourth-order valence-electron chi connectivity index (χ4n) is 1.91. The van der Waals surface area contributed by atoms with Crippen LogP contribution in [0.15, 0.2) is 40.6 Å². The second-order valence-corrected chi connectivity index (χ2v) is 5.79. The fourth-order valence-corrected chi connectivity index (χ4v) is 3.04.